The highest BCUT2D eigenvalue weighted by molar-refractivity contribution is 5.86. The predicted octanol–water partition coefficient (Wildman–Crippen LogP) is 0.462. The third-order valence-corrected chi connectivity index (χ3v) is 3.78. The number of piperazine rings is 1. The molecule has 0 spiro atoms. The summed E-state index contributed by atoms with van der Waals surface area (Å²) in [5, 5.41) is 5.98. The van der Waals surface area contributed by atoms with Crippen LogP contribution in [-0.2, 0) is 4.79 Å². The summed E-state index contributed by atoms with van der Waals surface area (Å²) in [5.74, 6) is 0.792. The van der Waals surface area contributed by atoms with E-state index in [4.69, 9.17) is 4.98 Å². The minimum absolute atomic E-state index is 0.00319. The number of aryl methyl sites for hydroxylation is 1. The summed E-state index contributed by atoms with van der Waals surface area (Å²) in [5.41, 5.74) is 2.59. The lowest BCUT2D eigenvalue weighted by molar-refractivity contribution is -0.122. The SMILES string of the molecule is CNC(=O)C1CNCCN1c1nc2ccccc2nc1C. The van der Waals surface area contributed by atoms with Crippen molar-refractivity contribution in [3.63, 3.8) is 0 Å². The summed E-state index contributed by atoms with van der Waals surface area (Å²) in [6.07, 6.45) is 0. The molecule has 0 aliphatic carbocycles. The van der Waals surface area contributed by atoms with Crippen LogP contribution in [0.15, 0.2) is 24.3 Å². The van der Waals surface area contributed by atoms with Crippen molar-refractivity contribution >= 4 is 22.8 Å². The maximum Gasteiger partial charge on any atom is 0.243 e. The van der Waals surface area contributed by atoms with Gasteiger partial charge in [0.2, 0.25) is 5.91 Å². The maximum absolute atomic E-state index is 12.1. The zero-order valence-electron chi connectivity index (χ0n) is 12.3. The Labute approximate surface area is 123 Å². The fourth-order valence-electron chi connectivity index (χ4n) is 2.71. The van der Waals surface area contributed by atoms with E-state index in [0.29, 0.717) is 6.54 Å². The van der Waals surface area contributed by atoms with Gasteiger partial charge in [-0.25, -0.2) is 9.97 Å². The molecule has 1 atom stereocenters. The van der Waals surface area contributed by atoms with Gasteiger partial charge in [0, 0.05) is 26.7 Å². The smallest absolute Gasteiger partial charge is 0.243 e. The van der Waals surface area contributed by atoms with Gasteiger partial charge in [-0.05, 0) is 19.1 Å². The van der Waals surface area contributed by atoms with Gasteiger partial charge < -0.3 is 15.5 Å². The highest BCUT2D eigenvalue weighted by Crippen LogP contribution is 2.22. The molecule has 0 radical (unpaired) electrons. The second-order valence-electron chi connectivity index (χ2n) is 5.15. The molecule has 1 aliphatic heterocycles. The van der Waals surface area contributed by atoms with Crippen molar-refractivity contribution in [3.8, 4) is 0 Å². The second kappa shape index (κ2) is 5.65. The number of fused-ring (bicyclic) bond motifs is 1. The molecule has 1 aromatic carbocycles. The normalized spacial score (nSPS) is 18.8. The minimum atomic E-state index is -0.252. The molecule has 21 heavy (non-hydrogen) atoms. The summed E-state index contributed by atoms with van der Waals surface area (Å²) >= 11 is 0. The van der Waals surface area contributed by atoms with E-state index in [1.807, 2.05) is 36.1 Å². The number of nitrogens with zero attached hydrogens (tertiary/aromatic N) is 3. The Morgan fingerprint density at radius 2 is 2.05 bits per heavy atom. The van der Waals surface area contributed by atoms with Gasteiger partial charge in [0.15, 0.2) is 5.82 Å². The average molecular weight is 285 g/mol. The van der Waals surface area contributed by atoms with Gasteiger partial charge in [0.05, 0.1) is 16.7 Å². The molecule has 1 aromatic heterocycles. The Kier molecular flexibility index (Phi) is 3.70. The standard InChI is InChI=1S/C15H19N5O/c1-10-14(19-12-6-4-3-5-11(12)18-10)20-8-7-17-9-13(20)15(21)16-2/h3-6,13,17H,7-9H2,1-2H3,(H,16,21). The van der Waals surface area contributed by atoms with Crippen LogP contribution in [0.3, 0.4) is 0 Å². The van der Waals surface area contributed by atoms with E-state index in [9.17, 15) is 4.79 Å². The van der Waals surface area contributed by atoms with E-state index in [2.05, 4.69) is 15.6 Å². The lowest BCUT2D eigenvalue weighted by Crippen LogP contribution is -2.58. The summed E-state index contributed by atoms with van der Waals surface area (Å²) < 4.78 is 0. The number of hydrogen-bond donors (Lipinski definition) is 2. The molecule has 2 heterocycles. The van der Waals surface area contributed by atoms with Crippen molar-refractivity contribution in [2.75, 3.05) is 31.6 Å². The van der Waals surface area contributed by atoms with E-state index in [0.717, 1.165) is 35.6 Å². The third-order valence-electron chi connectivity index (χ3n) is 3.78. The van der Waals surface area contributed by atoms with E-state index in [1.165, 1.54) is 0 Å². The van der Waals surface area contributed by atoms with Crippen LogP contribution < -0.4 is 15.5 Å². The van der Waals surface area contributed by atoms with Gasteiger partial charge in [-0.3, -0.25) is 4.79 Å². The quantitative estimate of drug-likeness (QED) is 0.839. The van der Waals surface area contributed by atoms with Crippen molar-refractivity contribution in [2.45, 2.75) is 13.0 Å². The number of likely N-dealkylation sites (N-methyl/N-ethyl adjacent to an activating group) is 1. The average Bonchev–Trinajstić information content (AvgIpc) is 2.53. The highest BCUT2D eigenvalue weighted by Gasteiger charge is 2.30. The third kappa shape index (κ3) is 2.54. The second-order valence-corrected chi connectivity index (χ2v) is 5.15. The number of carbonyl (C=O) groups is 1. The van der Waals surface area contributed by atoms with Crippen molar-refractivity contribution in [1.29, 1.82) is 0 Å². The molecule has 0 saturated carbocycles. The van der Waals surface area contributed by atoms with E-state index in [-0.39, 0.29) is 11.9 Å². The van der Waals surface area contributed by atoms with Crippen molar-refractivity contribution < 1.29 is 4.79 Å². The van der Waals surface area contributed by atoms with Crippen molar-refractivity contribution in [1.82, 2.24) is 20.6 Å². The van der Waals surface area contributed by atoms with Crippen LogP contribution in [0, 0.1) is 6.92 Å². The Hall–Kier alpha value is -2.21. The van der Waals surface area contributed by atoms with E-state index < -0.39 is 0 Å². The first kappa shape index (κ1) is 13.8. The fourth-order valence-corrected chi connectivity index (χ4v) is 2.71. The number of aromatic nitrogens is 2. The Morgan fingerprint density at radius 1 is 1.33 bits per heavy atom. The van der Waals surface area contributed by atoms with Crippen LogP contribution in [0.25, 0.3) is 11.0 Å². The van der Waals surface area contributed by atoms with Crippen LogP contribution in [0.1, 0.15) is 5.69 Å². The number of anilines is 1. The monoisotopic (exact) mass is 285 g/mol. The molecule has 6 nitrogen and oxygen atoms in total. The number of benzene rings is 1. The number of carbonyl (C=O) groups excluding carboxylic acids is 1. The number of amides is 1. The fraction of sp³-hybridized carbons (Fsp3) is 0.400. The molecule has 2 N–H and O–H groups in total. The number of rotatable bonds is 2. The molecule has 110 valence electrons. The highest BCUT2D eigenvalue weighted by atomic mass is 16.2. The Morgan fingerprint density at radius 3 is 2.76 bits per heavy atom. The van der Waals surface area contributed by atoms with E-state index in [1.54, 1.807) is 7.05 Å². The lowest BCUT2D eigenvalue weighted by atomic mass is 10.1. The molecule has 1 unspecified atom stereocenters. The maximum atomic E-state index is 12.1. The zero-order chi connectivity index (χ0) is 14.8. The van der Waals surface area contributed by atoms with Crippen LogP contribution in [0.5, 0.6) is 0 Å². The summed E-state index contributed by atoms with van der Waals surface area (Å²) in [6.45, 7) is 4.14. The molecule has 1 amide bonds. The van der Waals surface area contributed by atoms with Crippen LogP contribution in [0.2, 0.25) is 0 Å². The number of hydrogen-bond acceptors (Lipinski definition) is 5. The van der Waals surface area contributed by atoms with Crippen molar-refractivity contribution in [3.05, 3.63) is 30.0 Å². The summed E-state index contributed by atoms with van der Waals surface area (Å²) in [7, 11) is 1.66. The Bertz CT molecular complexity index is 672. The van der Waals surface area contributed by atoms with Gasteiger partial charge in [-0.2, -0.15) is 0 Å². The van der Waals surface area contributed by atoms with Gasteiger partial charge in [-0.1, -0.05) is 12.1 Å². The topological polar surface area (TPSA) is 70.2 Å². The molecule has 2 aromatic rings. The molecular weight excluding hydrogens is 266 g/mol. The first-order valence-electron chi connectivity index (χ1n) is 7.13. The Balaban J connectivity index is 2.04. The summed E-state index contributed by atoms with van der Waals surface area (Å²) in [4.78, 5) is 23.5. The molecule has 1 aliphatic rings. The van der Waals surface area contributed by atoms with Gasteiger partial charge in [0.1, 0.15) is 6.04 Å². The minimum Gasteiger partial charge on any atom is -0.357 e. The molecule has 1 saturated heterocycles. The number of nitrogens with one attached hydrogen (secondary N) is 2. The van der Waals surface area contributed by atoms with Crippen LogP contribution in [0.4, 0.5) is 5.82 Å². The molecule has 6 heteroatoms. The first-order valence-corrected chi connectivity index (χ1v) is 7.13. The molecule has 0 bridgehead atoms. The van der Waals surface area contributed by atoms with Crippen LogP contribution in [-0.4, -0.2) is 48.6 Å². The van der Waals surface area contributed by atoms with E-state index >= 15 is 0 Å². The lowest BCUT2D eigenvalue weighted by Gasteiger charge is -2.36. The van der Waals surface area contributed by atoms with Gasteiger partial charge in [-0.15, -0.1) is 0 Å². The van der Waals surface area contributed by atoms with Crippen molar-refractivity contribution in [2.24, 2.45) is 0 Å². The molecule has 3 rings (SSSR count). The van der Waals surface area contributed by atoms with Crippen LogP contribution >= 0.6 is 0 Å². The largest absolute Gasteiger partial charge is 0.357 e. The van der Waals surface area contributed by atoms with Gasteiger partial charge in [0.25, 0.3) is 0 Å². The molecular formula is C15H19N5O. The predicted molar refractivity (Wildman–Crippen MR) is 82.3 cm³/mol. The zero-order valence-corrected chi connectivity index (χ0v) is 12.3. The van der Waals surface area contributed by atoms with Gasteiger partial charge >= 0.3 is 0 Å². The number of para-hydroxylation sites is 2. The first-order chi connectivity index (χ1) is 10.2. The summed E-state index contributed by atoms with van der Waals surface area (Å²) in [6, 6.07) is 7.55. The molecule has 1 fully saturated rings.